The summed E-state index contributed by atoms with van der Waals surface area (Å²) in [5.41, 5.74) is 0. The number of carbonyl (C=O) groups excluding carboxylic acids is 2. The zero-order chi connectivity index (χ0) is 7.86. The van der Waals surface area contributed by atoms with E-state index in [9.17, 15) is 9.90 Å². The van der Waals surface area contributed by atoms with Crippen molar-refractivity contribution in [1.29, 1.82) is 0 Å². The van der Waals surface area contributed by atoms with Gasteiger partial charge in [0.05, 0.1) is 0 Å². The first-order chi connectivity index (χ1) is 4.00. The molecule has 0 bridgehead atoms. The summed E-state index contributed by atoms with van der Waals surface area (Å²) in [5.74, 6) is -2.08. The standard InChI is InChI=1S/C3H6O2.C2H4O2.Mo/c1-2-3(4)5;1-2(3)4;/h2H2,1H3,(H,4,5);1H3,(H,3,4);/q;;+2/p-2. The maximum atomic E-state index is 9.26. The molecule has 0 rings (SSSR count). The van der Waals surface area contributed by atoms with E-state index in [0.29, 0.717) is 0 Å². The number of rotatable bonds is 1. The Balaban J connectivity index is -0.0000000910. The molecular weight excluding hydrogens is 220 g/mol. The molecule has 0 aromatic carbocycles. The first kappa shape index (κ1) is 16.3. The molecule has 0 saturated carbocycles. The van der Waals surface area contributed by atoms with Gasteiger partial charge in [-0.25, -0.2) is 0 Å². The second kappa shape index (κ2) is 11.4. The predicted molar refractivity (Wildman–Crippen MR) is 26.0 cm³/mol. The van der Waals surface area contributed by atoms with E-state index >= 15 is 0 Å². The Morgan fingerprint density at radius 3 is 1.40 bits per heavy atom. The smallest absolute Gasteiger partial charge is 0.550 e. The molecule has 0 aromatic heterocycles. The van der Waals surface area contributed by atoms with Gasteiger partial charge in [0.15, 0.2) is 0 Å². The molecule has 0 unspecified atom stereocenters. The van der Waals surface area contributed by atoms with Crippen LogP contribution in [0, 0.1) is 0 Å². The third kappa shape index (κ3) is 126. The number of hydrogen-bond donors (Lipinski definition) is 0. The molecule has 0 amide bonds. The molecule has 0 aromatic rings. The molecule has 0 spiro atoms. The van der Waals surface area contributed by atoms with Crippen LogP contribution in [0.15, 0.2) is 0 Å². The molecule has 58 valence electrons. The average Bonchev–Trinajstić information content (AvgIpc) is 1.65. The number of carboxylic acids is 2. The van der Waals surface area contributed by atoms with Crippen LogP contribution in [0.25, 0.3) is 0 Å². The average molecular weight is 228 g/mol. The van der Waals surface area contributed by atoms with E-state index in [-0.39, 0.29) is 27.5 Å². The number of carbonyl (C=O) groups is 2. The van der Waals surface area contributed by atoms with Gasteiger partial charge >= 0.3 is 21.1 Å². The fourth-order valence-electron chi connectivity index (χ4n) is 0. The molecular formula is C5H8MoO4. The second-order valence-electron chi connectivity index (χ2n) is 1.22. The fourth-order valence-corrected chi connectivity index (χ4v) is 0. The Kier molecular flexibility index (Phi) is 18.6. The molecule has 0 heterocycles. The van der Waals surface area contributed by atoms with Crippen molar-refractivity contribution in [1.82, 2.24) is 0 Å². The van der Waals surface area contributed by atoms with E-state index in [1.54, 1.807) is 0 Å². The summed E-state index contributed by atoms with van der Waals surface area (Å²) in [4.78, 5) is 18.1. The molecule has 10 heavy (non-hydrogen) atoms. The maximum Gasteiger partial charge on any atom is 2.00 e. The Morgan fingerprint density at radius 2 is 1.40 bits per heavy atom. The number of hydrogen-bond acceptors (Lipinski definition) is 4. The minimum Gasteiger partial charge on any atom is -0.550 e. The van der Waals surface area contributed by atoms with Gasteiger partial charge in [0.1, 0.15) is 0 Å². The van der Waals surface area contributed by atoms with Gasteiger partial charge in [-0.1, -0.05) is 6.92 Å². The van der Waals surface area contributed by atoms with Gasteiger partial charge in [-0.3, -0.25) is 0 Å². The molecule has 0 aliphatic rings. The van der Waals surface area contributed by atoms with Crippen LogP contribution in [0.3, 0.4) is 0 Å². The van der Waals surface area contributed by atoms with Gasteiger partial charge in [0.25, 0.3) is 0 Å². The summed E-state index contributed by atoms with van der Waals surface area (Å²) in [6.45, 7) is 2.51. The van der Waals surface area contributed by atoms with Crippen molar-refractivity contribution in [3.05, 3.63) is 0 Å². The third-order valence-electron chi connectivity index (χ3n) is 0.289. The van der Waals surface area contributed by atoms with Crippen molar-refractivity contribution in [2.75, 3.05) is 0 Å². The summed E-state index contributed by atoms with van der Waals surface area (Å²) in [6.07, 6.45) is 0.111. The molecule has 0 aliphatic heterocycles. The summed E-state index contributed by atoms with van der Waals surface area (Å²) >= 11 is 0. The minimum atomic E-state index is -1.08. The molecule has 0 atom stereocenters. The van der Waals surface area contributed by atoms with Crippen molar-refractivity contribution < 1.29 is 40.9 Å². The van der Waals surface area contributed by atoms with E-state index < -0.39 is 11.9 Å². The zero-order valence-electron chi connectivity index (χ0n) is 5.75. The molecule has 0 N–H and O–H groups in total. The second-order valence-corrected chi connectivity index (χ2v) is 1.22. The van der Waals surface area contributed by atoms with Crippen LogP contribution in [0.4, 0.5) is 0 Å². The molecule has 0 radical (unpaired) electrons. The van der Waals surface area contributed by atoms with Crippen LogP contribution in [-0.4, -0.2) is 11.9 Å². The fraction of sp³-hybridized carbons (Fsp3) is 0.600. The first-order valence-corrected chi connectivity index (χ1v) is 2.38. The van der Waals surface area contributed by atoms with Gasteiger partial charge in [-0.15, -0.1) is 0 Å². The Labute approximate surface area is 73.5 Å². The molecule has 5 heteroatoms. The van der Waals surface area contributed by atoms with Crippen LogP contribution in [-0.2, 0) is 30.7 Å². The van der Waals surface area contributed by atoms with Gasteiger partial charge in [-0.2, -0.15) is 0 Å². The van der Waals surface area contributed by atoms with Crippen LogP contribution >= 0.6 is 0 Å². The normalized spacial score (nSPS) is 6.20. The summed E-state index contributed by atoms with van der Waals surface area (Å²) < 4.78 is 0. The third-order valence-corrected chi connectivity index (χ3v) is 0.289. The van der Waals surface area contributed by atoms with E-state index in [4.69, 9.17) is 9.90 Å². The van der Waals surface area contributed by atoms with Gasteiger partial charge in [-0.05, 0) is 13.3 Å². The van der Waals surface area contributed by atoms with E-state index in [0.717, 1.165) is 6.92 Å². The van der Waals surface area contributed by atoms with E-state index in [2.05, 4.69) is 0 Å². The first-order valence-electron chi connectivity index (χ1n) is 2.38. The van der Waals surface area contributed by atoms with Crippen molar-refractivity contribution in [3.63, 3.8) is 0 Å². The van der Waals surface area contributed by atoms with E-state index in [1.807, 2.05) is 0 Å². The van der Waals surface area contributed by atoms with Crippen LogP contribution in [0.1, 0.15) is 20.3 Å². The Bertz CT molecular complexity index is 97.8. The summed E-state index contributed by atoms with van der Waals surface area (Å²) in [6, 6.07) is 0. The molecule has 0 saturated heterocycles. The van der Waals surface area contributed by atoms with Crippen LogP contribution in [0.2, 0.25) is 0 Å². The van der Waals surface area contributed by atoms with Crippen molar-refractivity contribution in [2.45, 2.75) is 20.3 Å². The summed E-state index contributed by atoms with van der Waals surface area (Å²) in [5, 5.41) is 18.1. The SMILES string of the molecule is CC(=O)[O-].CCC(=O)[O-].[Mo+2]. The topological polar surface area (TPSA) is 80.3 Å². The Hall–Kier alpha value is -0.372. The largest absolute Gasteiger partial charge is 2.00 e. The minimum absolute atomic E-state index is 0. The number of carboxylic acid groups (broad SMARTS) is 2. The number of aliphatic carboxylic acids is 2. The molecule has 0 aliphatic carbocycles. The van der Waals surface area contributed by atoms with E-state index in [1.165, 1.54) is 6.92 Å². The van der Waals surface area contributed by atoms with Crippen molar-refractivity contribution in [2.24, 2.45) is 0 Å². The zero-order valence-corrected chi connectivity index (χ0v) is 7.76. The Morgan fingerprint density at radius 1 is 1.30 bits per heavy atom. The molecule has 4 nitrogen and oxygen atoms in total. The van der Waals surface area contributed by atoms with Crippen LogP contribution < -0.4 is 10.2 Å². The van der Waals surface area contributed by atoms with Crippen molar-refractivity contribution in [3.8, 4) is 0 Å². The predicted octanol–water partition coefficient (Wildman–Crippen LogP) is -2.10. The van der Waals surface area contributed by atoms with Gasteiger partial charge < -0.3 is 19.8 Å². The maximum absolute atomic E-state index is 9.26. The summed E-state index contributed by atoms with van der Waals surface area (Å²) in [7, 11) is 0. The van der Waals surface area contributed by atoms with Gasteiger partial charge in [0, 0.05) is 11.9 Å². The van der Waals surface area contributed by atoms with Gasteiger partial charge in [0.2, 0.25) is 0 Å². The monoisotopic (exact) mass is 230 g/mol. The van der Waals surface area contributed by atoms with Crippen LogP contribution in [0.5, 0.6) is 0 Å². The molecule has 0 fully saturated rings. The quantitative estimate of drug-likeness (QED) is 0.481. The van der Waals surface area contributed by atoms with Crippen molar-refractivity contribution >= 4 is 11.9 Å².